The molecule has 0 aromatic heterocycles. The Bertz CT molecular complexity index is 217. The summed E-state index contributed by atoms with van der Waals surface area (Å²) in [5, 5.41) is 2.55. The molecule has 1 saturated heterocycles. The largest absolute Gasteiger partial charge is 0.342 e. The van der Waals surface area contributed by atoms with E-state index in [2.05, 4.69) is 5.32 Å². The maximum Gasteiger partial charge on any atom is 0.262 e. The molecule has 0 aromatic rings. The van der Waals surface area contributed by atoms with Crippen LogP contribution in [0.15, 0.2) is 0 Å². The van der Waals surface area contributed by atoms with E-state index in [4.69, 9.17) is 0 Å². The summed E-state index contributed by atoms with van der Waals surface area (Å²) >= 11 is 0. The fourth-order valence-corrected chi connectivity index (χ4v) is 1.65. The van der Waals surface area contributed by atoms with E-state index in [9.17, 15) is 13.6 Å². The molecular formula is C9H16F2N2O. The summed E-state index contributed by atoms with van der Waals surface area (Å²) in [4.78, 5) is 13.2. The lowest BCUT2D eigenvalue weighted by atomic mass is 10.1. The predicted molar refractivity (Wildman–Crippen MR) is 49.3 cm³/mol. The van der Waals surface area contributed by atoms with Crippen LogP contribution in [0.5, 0.6) is 0 Å². The third kappa shape index (κ3) is 2.41. The van der Waals surface area contributed by atoms with Crippen molar-refractivity contribution in [2.24, 2.45) is 0 Å². The molecule has 1 atom stereocenters. The summed E-state index contributed by atoms with van der Waals surface area (Å²) in [6.45, 7) is 4.44. The van der Waals surface area contributed by atoms with Gasteiger partial charge in [0.15, 0.2) is 0 Å². The van der Waals surface area contributed by atoms with Crippen molar-refractivity contribution in [1.29, 1.82) is 0 Å². The van der Waals surface area contributed by atoms with E-state index in [-0.39, 0.29) is 18.9 Å². The van der Waals surface area contributed by atoms with Crippen LogP contribution >= 0.6 is 0 Å². The molecule has 1 amide bonds. The van der Waals surface area contributed by atoms with Crippen LogP contribution in [-0.2, 0) is 4.79 Å². The number of alkyl halides is 2. The smallest absolute Gasteiger partial charge is 0.262 e. The van der Waals surface area contributed by atoms with E-state index in [1.165, 1.54) is 0 Å². The Morgan fingerprint density at radius 1 is 1.50 bits per heavy atom. The van der Waals surface area contributed by atoms with Crippen LogP contribution < -0.4 is 5.32 Å². The Morgan fingerprint density at radius 3 is 2.43 bits per heavy atom. The summed E-state index contributed by atoms with van der Waals surface area (Å²) in [7, 11) is 0. The zero-order valence-corrected chi connectivity index (χ0v) is 8.52. The van der Waals surface area contributed by atoms with Crippen molar-refractivity contribution in [3.63, 3.8) is 0 Å². The minimum absolute atomic E-state index is 0.216. The van der Waals surface area contributed by atoms with Gasteiger partial charge in [-0.05, 0) is 13.8 Å². The molecule has 1 N–H and O–H groups in total. The van der Waals surface area contributed by atoms with Gasteiger partial charge >= 0.3 is 0 Å². The number of hydrogen-bond donors (Lipinski definition) is 1. The van der Waals surface area contributed by atoms with Crippen LogP contribution in [-0.4, -0.2) is 42.4 Å². The Hall–Kier alpha value is -0.710. The van der Waals surface area contributed by atoms with Gasteiger partial charge in [-0.1, -0.05) is 0 Å². The van der Waals surface area contributed by atoms with E-state index >= 15 is 0 Å². The molecule has 0 spiro atoms. The highest BCUT2D eigenvalue weighted by Crippen LogP contribution is 2.25. The summed E-state index contributed by atoms with van der Waals surface area (Å²) in [5.74, 6) is -2.94. The van der Waals surface area contributed by atoms with Gasteiger partial charge in [0.2, 0.25) is 5.91 Å². The van der Waals surface area contributed by atoms with Crippen LogP contribution in [0.4, 0.5) is 8.78 Å². The molecule has 14 heavy (non-hydrogen) atoms. The molecule has 0 saturated carbocycles. The summed E-state index contributed by atoms with van der Waals surface area (Å²) < 4.78 is 25.6. The molecule has 1 rings (SSSR count). The van der Waals surface area contributed by atoms with Crippen LogP contribution in [0.3, 0.4) is 0 Å². The SMILES string of the molecule is CCN(CC)C(=O)[C@@H]1CC(F)(F)CN1. The highest BCUT2D eigenvalue weighted by molar-refractivity contribution is 5.82. The van der Waals surface area contributed by atoms with E-state index in [1.54, 1.807) is 4.90 Å². The number of halogens is 2. The topological polar surface area (TPSA) is 32.3 Å². The van der Waals surface area contributed by atoms with Crippen LogP contribution in [0.25, 0.3) is 0 Å². The van der Waals surface area contributed by atoms with Gasteiger partial charge in [0.25, 0.3) is 5.92 Å². The minimum Gasteiger partial charge on any atom is -0.342 e. The molecule has 0 aromatic carbocycles. The molecule has 5 heteroatoms. The average Bonchev–Trinajstić information content (AvgIpc) is 2.48. The number of nitrogens with one attached hydrogen (secondary N) is 1. The lowest BCUT2D eigenvalue weighted by Crippen LogP contribution is -2.43. The van der Waals surface area contributed by atoms with E-state index < -0.39 is 12.0 Å². The first-order valence-corrected chi connectivity index (χ1v) is 4.90. The monoisotopic (exact) mass is 206 g/mol. The average molecular weight is 206 g/mol. The van der Waals surface area contributed by atoms with Gasteiger partial charge in [-0.2, -0.15) is 0 Å². The normalized spacial score (nSPS) is 25.0. The molecule has 1 heterocycles. The van der Waals surface area contributed by atoms with Gasteiger partial charge < -0.3 is 4.90 Å². The van der Waals surface area contributed by atoms with Crippen molar-refractivity contribution in [1.82, 2.24) is 10.2 Å². The molecule has 3 nitrogen and oxygen atoms in total. The van der Waals surface area contributed by atoms with Gasteiger partial charge in [-0.3, -0.25) is 10.1 Å². The molecule has 0 aliphatic carbocycles. The van der Waals surface area contributed by atoms with Gasteiger partial charge in [-0.15, -0.1) is 0 Å². The number of carbonyl (C=O) groups excluding carboxylic acids is 1. The van der Waals surface area contributed by atoms with Gasteiger partial charge in [-0.25, -0.2) is 8.78 Å². The van der Waals surface area contributed by atoms with Crippen molar-refractivity contribution in [3.8, 4) is 0 Å². The number of carbonyl (C=O) groups is 1. The number of hydrogen-bond acceptors (Lipinski definition) is 2. The maximum atomic E-state index is 12.8. The highest BCUT2D eigenvalue weighted by Gasteiger charge is 2.43. The summed E-state index contributed by atoms with van der Waals surface area (Å²) in [6, 6.07) is -0.704. The fourth-order valence-electron chi connectivity index (χ4n) is 1.65. The number of likely N-dealkylation sites (N-methyl/N-ethyl adjacent to an activating group) is 1. The lowest BCUT2D eigenvalue weighted by Gasteiger charge is -2.22. The molecule has 0 bridgehead atoms. The van der Waals surface area contributed by atoms with Crippen molar-refractivity contribution in [3.05, 3.63) is 0 Å². The van der Waals surface area contributed by atoms with Gasteiger partial charge in [0, 0.05) is 19.5 Å². The van der Waals surface area contributed by atoms with Crippen LogP contribution in [0.2, 0.25) is 0 Å². The van der Waals surface area contributed by atoms with Crippen molar-refractivity contribution >= 4 is 5.91 Å². The van der Waals surface area contributed by atoms with Crippen LogP contribution in [0, 0.1) is 0 Å². The molecule has 1 aliphatic rings. The highest BCUT2D eigenvalue weighted by atomic mass is 19.3. The van der Waals surface area contributed by atoms with Crippen molar-refractivity contribution < 1.29 is 13.6 Å². The first-order chi connectivity index (χ1) is 6.50. The number of rotatable bonds is 3. The standard InChI is InChI=1S/C9H16F2N2O/c1-3-13(4-2)8(14)7-5-9(10,11)6-12-7/h7,12H,3-6H2,1-2H3/t7-/m0/s1. The Morgan fingerprint density at radius 2 is 2.07 bits per heavy atom. The third-order valence-electron chi connectivity index (χ3n) is 2.48. The van der Waals surface area contributed by atoms with Crippen molar-refractivity contribution in [2.75, 3.05) is 19.6 Å². The predicted octanol–water partition coefficient (Wildman–Crippen LogP) is 0.852. The number of amides is 1. The summed E-state index contributed by atoms with van der Waals surface area (Å²) in [5.41, 5.74) is 0. The first kappa shape index (κ1) is 11.4. The molecule has 82 valence electrons. The minimum atomic E-state index is -2.73. The Kier molecular flexibility index (Phi) is 3.42. The maximum absolute atomic E-state index is 12.8. The lowest BCUT2D eigenvalue weighted by molar-refractivity contribution is -0.133. The van der Waals surface area contributed by atoms with Crippen LogP contribution in [0.1, 0.15) is 20.3 Å². The number of nitrogens with zero attached hydrogens (tertiary/aromatic N) is 1. The third-order valence-corrected chi connectivity index (χ3v) is 2.48. The van der Waals surface area contributed by atoms with E-state index in [0.717, 1.165) is 0 Å². The van der Waals surface area contributed by atoms with E-state index in [1.807, 2.05) is 13.8 Å². The van der Waals surface area contributed by atoms with Gasteiger partial charge in [0.1, 0.15) is 0 Å². The second-order valence-corrected chi connectivity index (χ2v) is 3.50. The second kappa shape index (κ2) is 4.21. The quantitative estimate of drug-likeness (QED) is 0.742. The fraction of sp³-hybridized carbons (Fsp3) is 0.889. The molecule has 1 aliphatic heterocycles. The summed E-state index contributed by atoms with van der Waals surface area (Å²) in [6.07, 6.45) is -0.373. The zero-order chi connectivity index (χ0) is 10.8. The van der Waals surface area contributed by atoms with E-state index in [0.29, 0.717) is 13.1 Å². The first-order valence-electron chi connectivity index (χ1n) is 4.90. The van der Waals surface area contributed by atoms with Gasteiger partial charge in [0.05, 0.1) is 12.6 Å². The Balaban J connectivity index is 2.54. The second-order valence-electron chi connectivity index (χ2n) is 3.50. The molecule has 1 fully saturated rings. The molecular weight excluding hydrogens is 190 g/mol. The zero-order valence-electron chi connectivity index (χ0n) is 8.52. The van der Waals surface area contributed by atoms with Crippen molar-refractivity contribution in [2.45, 2.75) is 32.2 Å². The Labute approximate surface area is 82.5 Å². The molecule has 0 unspecified atom stereocenters. The molecule has 0 radical (unpaired) electrons.